The van der Waals surface area contributed by atoms with Crippen molar-refractivity contribution in [1.29, 1.82) is 5.26 Å². The lowest BCUT2D eigenvalue weighted by Crippen LogP contribution is -2.27. The highest BCUT2D eigenvalue weighted by molar-refractivity contribution is 5.47. The highest BCUT2D eigenvalue weighted by Gasteiger charge is 2.41. The Balaban J connectivity index is 1.75. The van der Waals surface area contributed by atoms with Crippen molar-refractivity contribution in [2.24, 2.45) is 5.41 Å². The molecule has 3 rings (SSSR count). The van der Waals surface area contributed by atoms with Crippen molar-refractivity contribution in [2.75, 3.05) is 31.2 Å². The van der Waals surface area contributed by atoms with E-state index in [-0.39, 0.29) is 0 Å². The number of pyridine rings is 1. The van der Waals surface area contributed by atoms with E-state index >= 15 is 0 Å². The minimum absolute atomic E-state index is 0.369. The molecule has 4 heteroatoms. The quantitative estimate of drug-likeness (QED) is 0.733. The molecule has 0 aliphatic carbocycles. The molecule has 1 aromatic heterocycles. The van der Waals surface area contributed by atoms with E-state index in [1.807, 2.05) is 12.1 Å². The van der Waals surface area contributed by atoms with Gasteiger partial charge in [-0.3, -0.25) is 0 Å². The fourth-order valence-electron chi connectivity index (χ4n) is 2.77. The van der Waals surface area contributed by atoms with Crippen LogP contribution in [0.15, 0.2) is 18.3 Å². The van der Waals surface area contributed by atoms with Gasteiger partial charge in [-0.15, -0.1) is 0 Å². The molecular weight excluding hydrogens is 214 g/mol. The zero-order chi connectivity index (χ0) is 11.7. The van der Waals surface area contributed by atoms with Crippen molar-refractivity contribution >= 4 is 5.69 Å². The Bertz CT molecular complexity index is 443. The first-order chi connectivity index (χ1) is 8.31. The average Bonchev–Trinajstić information content (AvgIpc) is 3.01. The van der Waals surface area contributed by atoms with Crippen molar-refractivity contribution in [3.05, 3.63) is 24.0 Å². The minimum Gasteiger partial charge on any atom is -0.381 e. The van der Waals surface area contributed by atoms with Gasteiger partial charge in [0.2, 0.25) is 0 Å². The number of nitrogens with zero attached hydrogens (tertiary/aromatic N) is 3. The van der Waals surface area contributed by atoms with Gasteiger partial charge in [0.15, 0.2) is 0 Å². The molecule has 0 amide bonds. The molecular formula is C13H15N3O. The molecule has 3 heterocycles. The lowest BCUT2D eigenvalue weighted by atomic mass is 9.87. The summed E-state index contributed by atoms with van der Waals surface area (Å²) in [5.41, 5.74) is 1.97. The van der Waals surface area contributed by atoms with Crippen LogP contribution in [0.25, 0.3) is 0 Å². The second kappa shape index (κ2) is 4.01. The van der Waals surface area contributed by atoms with Crippen LogP contribution in [0.2, 0.25) is 0 Å². The number of rotatable bonds is 1. The van der Waals surface area contributed by atoms with E-state index < -0.39 is 0 Å². The Kier molecular flexibility index (Phi) is 2.49. The van der Waals surface area contributed by atoms with Crippen LogP contribution < -0.4 is 4.90 Å². The molecule has 0 unspecified atom stereocenters. The van der Waals surface area contributed by atoms with E-state index in [0.717, 1.165) is 32.0 Å². The van der Waals surface area contributed by atoms with Crippen LogP contribution in [0.4, 0.5) is 5.69 Å². The van der Waals surface area contributed by atoms with Crippen molar-refractivity contribution in [1.82, 2.24) is 4.98 Å². The van der Waals surface area contributed by atoms with Gasteiger partial charge in [-0.1, -0.05) is 0 Å². The topological polar surface area (TPSA) is 49.2 Å². The normalized spacial score (nSPS) is 27.6. The maximum absolute atomic E-state index is 8.72. The molecule has 0 aromatic carbocycles. The third kappa shape index (κ3) is 1.87. The first-order valence-electron chi connectivity index (χ1n) is 6.00. The molecule has 1 spiro atoms. The third-order valence-electron chi connectivity index (χ3n) is 3.85. The summed E-state index contributed by atoms with van der Waals surface area (Å²) in [7, 11) is 0. The summed E-state index contributed by atoms with van der Waals surface area (Å²) in [4.78, 5) is 6.47. The molecule has 0 saturated carbocycles. The molecule has 2 aliphatic rings. The highest BCUT2D eigenvalue weighted by atomic mass is 16.5. The first-order valence-corrected chi connectivity index (χ1v) is 6.00. The first kappa shape index (κ1) is 10.5. The molecule has 0 radical (unpaired) electrons. The second-order valence-electron chi connectivity index (χ2n) is 4.99. The summed E-state index contributed by atoms with van der Waals surface area (Å²) in [5.74, 6) is 0. The van der Waals surface area contributed by atoms with Crippen LogP contribution in [-0.2, 0) is 4.74 Å². The predicted molar refractivity (Wildman–Crippen MR) is 63.7 cm³/mol. The number of hydrogen-bond donors (Lipinski definition) is 0. The van der Waals surface area contributed by atoms with E-state index in [2.05, 4.69) is 9.88 Å². The Morgan fingerprint density at radius 2 is 2.35 bits per heavy atom. The van der Waals surface area contributed by atoms with Gasteiger partial charge in [0.1, 0.15) is 11.8 Å². The maximum Gasteiger partial charge on any atom is 0.140 e. The molecule has 2 aliphatic heterocycles. The smallest absolute Gasteiger partial charge is 0.140 e. The third-order valence-corrected chi connectivity index (χ3v) is 3.85. The van der Waals surface area contributed by atoms with E-state index in [0.29, 0.717) is 11.1 Å². The molecule has 0 N–H and O–H groups in total. The summed E-state index contributed by atoms with van der Waals surface area (Å²) in [5, 5.41) is 8.72. The van der Waals surface area contributed by atoms with Gasteiger partial charge in [-0.2, -0.15) is 5.26 Å². The molecule has 2 fully saturated rings. The predicted octanol–water partition coefficient (Wildman–Crippen LogP) is 1.57. The molecule has 4 nitrogen and oxygen atoms in total. The zero-order valence-corrected chi connectivity index (χ0v) is 9.72. The maximum atomic E-state index is 8.72. The van der Waals surface area contributed by atoms with Crippen LogP contribution in [-0.4, -0.2) is 31.3 Å². The highest BCUT2D eigenvalue weighted by Crippen LogP contribution is 2.39. The fraction of sp³-hybridized carbons (Fsp3) is 0.538. The van der Waals surface area contributed by atoms with Crippen LogP contribution in [0.1, 0.15) is 18.5 Å². The van der Waals surface area contributed by atoms with Crippen molar-refractivity contribution < 1.29 is 4.74 Å². The lowest BCUT2D eigenvalue weighted by molar-refractivity contribution is 0.160. The fourth-order valence-corrected chi connectivity index (χ4v) is 2.77. The van der Waals surface area contributed by atoms with Crippen molar-refractivity contribution in [2.45, 2.75) is 12.8 Å². The van der Waals surface area contributed by atoms with Crippen molar-refractivity contribution in [3.63, 3.8) is 0 Å². The lowest BCUT2D eigenvalue weighted by Gasteiger charge is -2.23. The Morgan fingerprint density at radius 1 is 1.41 bits per heavy atom. The largest absolute Gasteiger partial charge is 0.381 e. The summed E-state index contributed by atoms with van der Waals surface area (Å²) >= 11 is 0. The molecule has 0 bridgehead atoms. The van der Waals surface area contributed by atoms with E-state index in [9.17, 15) is 0 Å². The van der Waals surface area contributed by atoms with Gasteiger partial charge in [0.25, 0.3) is 0 Å². The summed E-state index contributed by atoms with van der Waals surface area (Å²) < 4.78 is 5.52. The number of aromatic nitrogens is 1. The van der Waals surface area contributed by atoms with Gasteiger partial charge in [0, 0.05) is 25.1 Å². The number of nitriles is 1. The van der Waals surface area contributed by atoms with Gasteiger partial charge < -0.3 is 9.64 Å². The number of ether oxygens (including phenoxy) is 1. The second-order valence-corrected chi connectivity index (χ2v) is 4.99. The van der Waals surface area contributed by atoms with Crippen LogP contribution in [0.3, 0.4) is 0 Å². The minimum atomic E-state index is 0.369. The monoisotopic (exact) mass is 229 g/mol. The molecule has 17 heavy (non-hydrogen) atoms. The molecule has 1 aromatic rings. The van der Waals surface area contributed by atoms with Crippen LogP contribution >= 0.6 is 0 Å². The Morgan fingerprint density at radius 3 is 3.00 bits per heavy atom. The van der Waals surface area contributed by atoms with Crippen molar-refractivity contribution in [3.8, 4) is 6.07 Å². The van der Waals surface area contributed by atoms with Gasteiger partial charge in [0.05, 0.1) is 18.5 Å². The number of hydrogen-bond acceptors (Lipinski definition) is 4. The average molecular weight is 229 g/mol. The van der Waals surface area contributed by atoms with Gasteiger partial charge in [-0.05, 0) is 25.0 Å². The Labute approximate surface area is 101 Å². The van der Waals surface area contributed by atoms with Gasteiger partial charge in [-0.25, -0.2) is 4.98 Å². The number of anilines is 1. The molecule has 2 saturated heterocycles. The molecule has 1 atom stereocenters. The summed E-state index contributed by atoms with van der Waals surface area (Å²) in [6.07, 6.45) is 4.17. The van der Waals surface area contributed by atoms with Gasteiger partial charge >= 0.3 is 0 Å². The zero-order valence-electron chi connectivity index (χ0n) is 9.72. The Hall–Kier alpha value is -1.60. The standard InChI is InChI=1S/C13H15N3O/c14-7-11-1-2-12(8-15-11)16-5-3-13(9-16)4-6-17-10-13/h1-2,8H,3-6,9-10H2/t13-/m1/s1. The van der Waals surface area contributed by atoms with Crippen LogP contribution in [0, 0.1) is 16.7 Å². The van der Waals surface area contributed by atoms with E-state index in [4.69, 9.17) is 10.00 Å². The van der Waals surface area contributed by atoms with E-state index in [1.165, 1.54) is 12.8 Å². The SMILES string of the molecule is N#Cc1ccc(N2CC[C@@]3(CCOC3)C2)cn1. The summed E-state index contributed by atoms with van der Waals surface area (Å²) in [6, 6.07) is 5.81. The summed E-state index contributed by atoms with van der Waals surface area (Å²) in [6.45, 7) is 3.92. The molecule has 88 valence electrons. The van der Waals surface area contributed by atoms with Crippen LogP contribution in [0.5, 0.6) is 0 Å². The van der Waals surface area contributed by atoms with E-state index in [1.54, 1.807) is 12.3 Å².